The highest BCUT2D eigenvalue weighted by molar-refractivity contribution is 5.79. The van der Waals surface area contributed by atoms with Crippen molar-refractivity contribution in [1.29, 1.82) is 0 Å². The highest BCUT2D eigenvalue weighted by atomic mass is 16.4. The van der Waals surface area contributed by atoms with Crippen molar-refractivity contribution in [1.82, 2.24) is 0 Å². The van der Waals surface area contributed by atoms with Crippen LogP contribution in [0.5, 0.6) is 0 Å². The van der Waals surface area contributed by atoms with Gasteiger partial charge in [0.2, 0.25) is 0 Å². The summed E-state index contributed by atoms with van der Waals surface area (Å²) in [5.41, 5.74) is 2.30. The number of hydrogen-bond donors (Lipinski definition) is 2. The molecule has 0 radical (unpaired) electrons. The maximum Gasteiger partial charge on any atom is 0.328 e. The van der Waals surface area contributed by atoms with Gasteiger partial charge in [0.1, 0.15) is 0 Å². The van der Waals surface area contributed by atoms with E-state index < -0.39 is 5.97 Å². The average molecular weight is 205 g/mol. The van der Waals surface area contributed by atoms with Crippen LogP contribution in [0.1, 0.15) is 12.5 Å². The van der Waals surface area contributed by atoms with Crippen molar-refractivity contribution >= 4 is 11.7 Å². The van der Waals surface area contributed by atoms with Crippen molar-refractivity contribution in [3.63, 3.8) is 0 Å². The fraction of sp³-hybridized carbons (Fsp3) is 0.250. The Labute approximate surface area is 89.4 Å². The third kappa shape index (κ3) is 4.31. The van der Waals surface area contributed by atoms with Crippen LogP contribution in [0.3, 0.4) is 0 Å². The molecule has 1 aromatic rings. The van der Waals surface area contributed by atoms with E-state index in [-0.39, 0.29) is 0 Å². The molecule has 0 atom stereocenters. The fourth-order valence-electron chi connectivity index (χ4n) is 1.19. The Hall–Kier alpha value is -1.77. The lowest BCUT2D eigenvalue weighted by atomic mass is 10.1. The summed E-state index contributed by atoms with van der Waals surface area (Å²) in [5, 5.41) is 11.5. The van der Waals surface area contributed by atoms with Crippen molar-refractivity contribution in [2.45, 2.75) is 13.3 Å². The van der Waals surface area contributed by atoms with Crippen LogP contribution >= 0.6 is 0 Å². The Morgan fingerprint density at radius 1 is 1.40 bits per heavy atom. The summed E-state index contributed by atoms with van der Waals surface area (Å²) in [7, 11) is 0. The summed E-state index contributed by atoms with van der Waals surface area (Å²) < 4.78 is 0. The number of benzene rings is 1. The van der Waals surface area contributed by atoms with Gasteiger partial charge < -0.3 is 10.4 Å². The number of anilines is 1. The van der Waals surface area contributed by atoms with E-state index >= 15 is 0 Å². The van der Waals surface area contributed by atoms with Gasteiger partial charge in [0.25, 0.3) is 0 Å². The molecule has 2 N–H and O–H groups in total. The molecule has 0 saturated carbocycles. The summed E-state index contributed by atoms with van der Waals surface area (Å²) >= 11 is 0. The fourth-order valence-corrected chi connectivity index (χ4v) is 1.19. The molecule has 0 amide bonds. The number of aryl methyl sites for hydroxylation is 1. The first-order valence-electron chi connectivity index (χ1n) is 4.94. The molecule has 80 valence electrons. The zero-order valence-corrected chi connectivity index (χ0v) is 8.73. The zero-order chi connectivity index (χ0) is 11.1. The number of rotatable bonds is 5. The van der Waals surface area contributed by atoms with Gasteiger partial charge in [-0.1, -0.05) is 25.1 Å². The topological polar surface area (TPSA) is 49.3 Å². The molecule has 0 aliphatic heterocycles. The Kier molecular flexibility index (Phi) is 4.41. The molecule has 3 heteroatoms. The van der Waals surface area contributed by atoms with E-state index in [9.17, 15) is 4.79 Å². The molecular formula is C12H15NO2. The smallest absolute Gasteiger partial charge is 0.328 e. The standard InChI is InChI=1S/C12H15NO2/c1-2-10-5-7-11(8-6-10)13-9-3-4-12(14)15/h3-8,13H,2,9H2,1H3,(H,14,15)/b4-3+. The highest BCUT2D eigenvalue weighted by Crippen LogP contribution is 2.09. The molecule has 0 spiro atoms. The van der Waals surface area contributed by atoms with Crippen LogP contribution in [0.15, 0.2) is 36.4 Å². The Balaban J connectivity index is 2.41. The van der Waals surface area contributed by atoms with Gasteiger partial charge in [0, 0.05) is 18.3 Å². The summed E-state index contributed by atoms with van der Waals surface area (Å²) in [6.07, 6.45) is 3.74. The van der Waals surface area contributed by atoms with Crippen LogP contribution in [0.4, 0.5) is 5.69 Å². The Bertz CT molecular complexity index is 341. The quantitative estimate of drug-likeness (QED) is 0.725. The molecule has 1 rings (SSSR count). The molecule has 0 fully saturated rings. The summed E-state index contributed by atoms with van der Waals surface area (Å²) in [5.74, 6) is -0.918. The predicted octanol–water partition coefficient (Wildman–Crippen LogP) is 2.30. The van der Waals surface area contributed by atoms with Crippen molar-refractivity contribution in [2.24, 2.45) is 0 Å². The Morgan fingerprint density at radius 3 is 2.60 bits per heavy atom. The van der Waals surface area contributed by atoms with Gasteiger partial charge in [-0.15, -0.1) is 0 Å². The first kappa shape index (κ1) is 11.3. The molecule has 0 aliphatic carbocycles. The number of carbonyl (C=O) groups is 1. The van der Waals surface area contributed by atoms with Crippen LogP contribution in [-0.2, 0) is 11.2 Å². The van der Waals surface area contributed by atoms with E-state index in [0.717, 1.165) is 18.2 Å². The SMILES string of the molecule is CCc1ccc(NC/C=C/C(=O)O)cc1. The maximum absolute atomic E-state index is 10.2. The minimum atomic E-state index is -0.918. The first-order valence-corrected chi connectivity index (χ1v) is 4.94. The third-order valence-electron chi connectivity index (χ3n) is 2.05. The van der Waals surface area contributed by atoms with Gasteiger partial charge in [-0.2, -0.15) is 0 Å². The third-order valence-corrected chi connectivity index (χ3v) is 2.05. The summed E-state index contributed by atoms with van der Waals surface area (Å²) in [6.45, 7) is 2.63. The molecule has 0 bridgehead atoms. The van der Waals surface area contributed by atoms with Gasteiger partial charge >= 0.3 is 5.97 Å². The second-order valence-corrected chi connectivity index (χ2v) is 3.17. The van der Waals surface area contributed by atoms with Gasteiger partial charge in [0.05, 0.1) is 0 Å². The lowest BCUT2D eigenvalue weighted by Crippen LogP contribution is -1.99. The number of nitrogens with one attached hydrogen (secondary N) is 1. The van der Waals surface area contributed by atoms with Gasteiger partial charge in [-0.25, -0.2) is 4.79 Å². The molecule has 0 aliphatic rings. The van der Waals surface area contributed by atoms with Crippen LogP contribution in [0.25, 0.3) is 0 Å². The molecule has 1 aromatic carbocycles. The van der Waals surface area contributed by atoms with E-state index in [1.54, 1.807) is 6.08 Å². The molecule has 3 nitrogen and oxygen atoms in total. The van der Waals surface area contributed by atoms with Crippen LogP contribution in [-0.4, -0.2) is 17.6 Å². The first-order chi connectivity index (χ1) is 7.22. The van der Waals surface area contributed by atoms with Crippen LogP contribution in [0.2, 0.25) is 0 Å². The van der Waals surface area contributed by atoms with Crippen LogP contribution in [0, 0.1) is 0 Å². The molecule has 0 aromatic heterocycles. The minimum absolute atomic E-state index is 0.526. The van der Waals surface area contributed by atoms with E-state index in [1.807, 2.05) is 12.1 Å². The van der Waals surface area contributed by atoms with Crippen molar-refractivity contribution in [3.05, 3.63) is 42.0 Å². The second kappa shape index (κ2) is 5.86. The maximum atomic E-state index is 10.2. The summed E-state index contributed by atoms with van der Waals surface area (Å²) in [4.78, 5) is 10.2. The van der Waals surface area contributed by atoms with E-state index in [1.165, 1.54) is 5.56 Å². The number of hydrogen-bond acceptors (Lipinski definition) is 2. The molecule has 0 saturated heterocycles. The van der Waals surface area contributed by atoms with Gasteiger partial charge in [0.15, 0.2) is 0 Å². The lowest BCUT2D eigenvalue weighted by molar-refractivity contribution is -0.131. The van der Waals surface area contributed by atoms with Crippen LogP contribution < -0.4 is 5.32 Å². The van der Waals surface area contributed by atoms with E-state index in [0.29, 0.717) is 6.54 Å². The number of aliphatic carboxylic acids is 1. The monoisotopic (exact) mass is 205 g/mol. The molecule has 0 heterocycles. The lowest BCUT2D eigenvalue weighted by Gasteiger charge is -2.03. The summed E-state index contributed by atoms with van der Waals surface area (Å²) in [6, 6.07) is 8.10. The largest absolute Gasteiger partial charge is 0.478 e. The highest BCUT2D eigenvalue weighted by Gasteiger charge is 1.91. The van der Waals surface area contributed by atoms with Gasteiger partial charge in [-0.3, -0.25) is 0 Å². The molecule has 0 unspecified atom stereocenters. The Morgan fingerprint density at radius 2 is 2.07 bits per heavy atom. The van der Waals surface area contributed by atoms with Crippen molar-refractivity contribution in [3.8, 4) is 0 Å². The average Bonchev–Trinajstić information content (AvgIpc) is 2.25. The minimum Gasteiger partial charge on any atom is -0.478 e. The predicted molar refractivity (Wildman–Crippen MR) is 61.1 cm³/mol. The number of carboxylic acids is 1. The normalized spacial score (nSPS) is 10.5. The van der Waals surface area contributed by atoms with E-state index in [2.05, 4.69) is 24.4 Å². The van der Waals surface area contributed by atoms with Crippen molar-refractivity contribution in [2.75, 3.05) is 11.9 Å². The van der Waals surface area contributed by atoms with E-state index in [4.69, 9.17) is 5.11 Å². The molecular weight excluding hydrogens is 190 g/mol. The number of carboxylic acid groups (broad SMARTS) is 1. The molecule has 15 heavy (non-hydrogen) atoms. The zero-order valence-electron chi connectivity index (χ0n) is 8.73. The second-order valence-electron chi connectivity index (χ2n) is 3.17. The van der Waals surface area contributed by atoms with Gasteiger partial charge in [-0.05, 0) is 24.1 Å². The van der Waals surface area contributed by atoms with Crippen molar-refractivity contribution < 1.29 is 9.90 Å².